The number of hydrogen-bond donors (Lipinski definition) is 0. The lowest BCUT2D eigenvalue weighted by molar-refractivity contribution is 1.30. The fraction of sp³-hybridized carbons (Fsp3) is 0. The second-order valence-electron chi connectivity index (χ2n) is 11.7. The summed E-state index contributed by atoms with van der Waals surface area (Å²) < 4.78 is 5.28. The van der Waals surface area contributed by atoms with Gasteiger partial charge in [0, 0.05) is 57.4 Å². The molecule has 0 saturated heterocycles. The summed E-state index contributed by atoms with van der Waals surface area (Å²) in [5, 5.41) is 12.9. The van der Waals surface area contributed by atoms with E-state index in [1.54, 1.807) is 0 Å². The summed E-state index contributed by atoms with van der Waals surface area (Å²) >= 11 is 3.73. The smallest absolute Gasteiger partial charge is 0.0468 e. The zero-order valence-corrected chi connectivity index (χ0v) is 25.8. The van der Waals surface area contributed by atoms with Gasteiger partial charge >= 0.3 is 0 Å². The lowest BCUT2D eigenvalue weighted by atomic mass is 9.96. The highest BCUT2D eigenvalue weighted by Crippen LogP contribution is 2.44. The van der Waals surface area contributed by atoms with Gasteiger partial charge in [-0.25, -0.2) is 0 Å². The molecule has 10 aromatic rings. The van der Waals surface area contributed by atoms with Crippen LogP contribution in [0.3, 0.4) is 0 Å². The van der Waals surface area contributed by atoms with E-state index in [-0.39, 0.29) is 0 Å². The third-order valence-electron chi connectivity index (χ3n) is 9.22. The van der Waals surface area contributed by atoms with E-state index in [0.29, 0.717) is 0 Å². The van der Waals surface area contributed by atoms with Crippen molar-refractivity contribution in [1.82, 2.24) is 0 Å². The molecule has 0 unspecified atom stereocenters. The predicted molar refractivity (Wildman–Crippen MR) is 199 cm³/mol. The summed E-state index contributed by atoms with van der Waals surface area (Å²) in [4.78, 5) is 2.43. The van der Waals surface area contributed by atoms with Crippen LogP contribution in [0, 0.1) is 0 Å². The normalized spacial score (nSPS) is 12.0. The molecule has 0 radical (unpaired) electrons. The van der Waals surface area contributed by atoms with Crippen molar-refractivity contribution in [2.45, 2.75) is 0 Å². The van der Waals surface area contributed by atoms with Crippen molar-refractivity contribution in [3.63, 3.8) is 0 Å². The lowest BCUT2D eigenvalue weighted by Crippen LogP contribution is -2.09. The average Bonchev–Trinajstić information content (AvgIpc) is 3.66. The monoisotopic (exact) mass is 607 g/mol. The van der Waals surface area contributed by atoms with Crippen LogP contribution in [0.25, 0.3) is 72.7 Å². The maximum absolute atomic E-state index is 2.43. The Morgan fingerprint density at radius 3 is 1.38 bits per heavy atom. The highest BCUT2D eigenvalue weighted by Gasteiger charge is 2.17. The molecule has 45 heavy (non-hydrogen) atoms. The third-order valence-corrected chi connectivity index (χ3v) is 11.5. The van der Waals surface area contributed by atoms with Gasteiger partial charge in [0.05, 0.1) is 0 Å². The molecule has 2 aromatic heterocycles. The van der Waals surface area contributed by atoms with Crippen LogP contribution in [0.15, 0.2) is 152 Å². The minimum absolute atomic E-state index is 1.15. The van der Waals surface area contributed by atoms with Crippen LogP contribution in [-0.2, 0) is 0 Å². The first-order chi connectivity index (χ1) is 22.3. The average molecular weight is 608 g/mol. The third kappa shape index (κ3) is 3.85. The van der Waals surface area contributed by atoms with Crippen molar-refractivity contribution in [2.75, 3.05) is 4.90 Å². The molecular weight excluding hydrogens is 583 g/mol. The summed E-state index contributed by atoms with van der Waals surface area (Å²) in [5.74, 6) is 0. The van der Waals surface area contributed by atoms with Crippen molar-refractivity contribution >= 4 is 112 Å². The quantitative estimate of drug-likeness (QED) is 0.181. The van der Waals surface area contributed by atoms with Crippen LogP contribution in [0.2, 0.25) is 0 Å². The molecule has 10 rings (SSSR count). The minimum atomic E-state index is 1.15. The Kier molecular flexibility index (Phi) is 5.39. The van der Waals surface area contributed by atoms with Gasteiger partial charge in [-0.05, 0) is 93.0 Å². The summed E-state index contributed by atoms with van der Waals surface area (Å²) in [6, 6.07) is 56.1. The van der Waals surface area contributed by atoms with E-state index in [0.717, 1.165) is 17.1 Å². The number of anilines is 3. The molecular formula is C42H25NS2. The largest absolute Gasteiger partial charge is 0.310 e. The van der Waals surface area contributed by atoms with Crippen molar-refractivity contribution in [3.05, 3.63) is 152 Å². The molecule has 0 aliphatic carbocycles. The van der Waals surface area contributed by atoms with Crippen molar-refractivity contribution < 1.29 is 0 Å². The van der Waals surface area contributed by atoms with E-state index in [1.807, 2.05) is 22.7 Å². The maximum atomic E-state index is 2.43. The molecule has 0 saturated carbocycles. The second-order valence-corrected chi connectivity index (χ2v) is 13.9. The van der Waals surface area contributed by atoms with E-state index >= 15 is 0 Å². The molecule has 8 aromatic carbocycles. The number of nitrogens with zero attached hydrogens (tertiary/aromatic N) is 1. The number of fused-ring (bicyclic) bond motifs is 11. The van der Waals surface area contributed by atoms with E-state index in [9.17, 15) is 0 Å². The Morgan fingerprint density at radius 1 is 0.289 bits per heavy atom. The zero-order chi connectivity index (χ0) is 29.5. The van der Waals surface area contributed by atoms with Crippen molar-refractivity contribution in [1.29, 1.82) is 0 Å². The van der Waals surface area contributed by atoms with Crippen LogP contribution in [0.1, 0.15) is 0 Å². The fourth-order valence-electron chi connectivity index (χ4n) is 7.11. The molecule has 1 nitrogen and oxygen atoms in total. The topological polar surface area (TPSA) is 3.24 Å². The summed E-state index contributed by atoms with van der Waals surface area (Å²) in [6.45, 7) is 0. The van der Waals surface area contributed by atoms with Gasteiger partial charge in [-0.1, -0.05) is 91.0 Å². The molecule has 3 heteroatoms. The number of rotatable bonds is 3. The van der Waals surface area contributed by atoms with Gasteiger partial charge in [0.15, 0.2) is 0 Å². The molecule has 0 fully saturated rings. The standard InChI is InChI=1S/C42H25NS2/c1-2-8-31-26(7-1)13-18-34-32-20-15-28(23-27(32)14-19-33(31)34)43(29-16-21-41-37(24-29)35-9-3-5-11-39(35)44-41)30-17-22-42-38(25-30)36-10-4-6-12-40(36)45-42/h1-25H. The van der Waals surface area contributed by atoms with E-state index in [4.69, 9.17) is 0 Å². The van der Waals surface area contributed by atoms with Gasteiger partial charge in [-0.2, -0.15) is 0 Å². The molecule has 2 heterocycles. The fourth-order valence-corrected chi connectivity index (χ4v) is 9.28. The molecule has 210 valence electrons. The molecule has 0 amide bonds. The Balaban J connectivity index is 1.22. The first-order valence-corrected chi connectivity index (χ1v) is 16.9. The van der Waals surface area contributed by atoms with Crippen LogP contribution >= 0.6 is 22.7 Å². The Bertz CT molecular complexity index is 2670. The van der Waals surface area contributed by atoms with Crippen LogP contribution < -0.4 is 4.90 Å². The van der Waals surface area contributed by atoms with Gasteiger partial charge in [0.2, 0.25) is 0 Å². The van der Waals surface area contributed by atoms with Crippen LogP contribution in [0.5, 0.6) is 0 Å². The summed E-state index contributed by atoms with van der Waals surface area (Å²) in [5.41, 5.74) is 3.48. The molecule has 0 atom stereocenters. The highest BCUT2D eigenvalue weighted by atomic mass is 32.1. The van der Waals surface area contributed by atoms with Crippen LogP contribution in [0.4, 0.5) is 17.1 Å². The van der Waals surface area contributed by atoms with Gasteiger partial charge < -0.3 is 4.90 Å². The van der Waals surface area contributed by atoms with E-state index < -0.39 is 0 Å². The van der Waals surface area contributed by atoms with Crippen molar-refractivity contribution in [2.24, 2.45) is 0 Å². The Hall–Kier alpha value is -5.22. The number of benzene rings is 8. The molecule has 0 aliphatic rings. The van der Waals surface area contributed by atoms with Crippen molar-refractivity contribution in [3.8, 4) is 0 Å². The lowest BCUT2D eigenvalue weighted by Gasteiger charge is -2.26. The molecule has 0 spiro atoms. The van der Waals surface area contributed by atoms with E-state index in [1.165, 1.54) is 72.7 Å². The summed E-state index contributed by atoms with van der Waals surface area (Å²) in [7, 11) is 0. The van der Waals surface area contributed by atoms with Gasteiger partial charge in [0.25, 0.3) is 0 Å². The molecule has 0 bridgehead atoms. The highest BCUT2D eigenvalue weighted by molar-refractivity contribution is 7.26. The Morgan fingerprint density at radius 2 is 0.733 bits per heavy atom. The second kappa shape index (κ2) is 9.64. The van der Waals surface area contributed by atoms with Gasteiger partial charge in [0.1, 0.15) is 0 Å². The first-order valence-electron chi connectivity index (χ1n) is 15.3. The first kappa shape index (κ1) is 25.1. The van der Waals surface area contributed by atoms with Crippen LogP contribution in [-0.4, -0.2) is 0 Å². The Labute approximate surface area is 267 Å². The number of hydrogen-bond acceptors (Lipinski definition) is 3. The molecule has 0 N–H and O–H groups in total. The van der Waals surface area contributed by atoms with E-state index in [2.05, 4.69) is 157 Å². The van der Waals surface area contributed by atoms with Gasteiger partial charge in [-0.15, -0.1) is 22.7 Å². The summed E-state index contributed by atoms with van der Waals surface area (Å²) in [6.07, 6.45) is 0. The zero-order valence-electron chi connectivity index (χ0n) is 24.2. The predicted octanol–water partition coefficient (Wildman–Crippen LogP) is 13.4. The van der Waals surface area contributed by atoms with Gasteiger partial charge in [-0.3, -0.25) is 0 Å². The number of thiophene rings is 2. The minimum Gasteiger partial charge on any atom is -0.310 e. The molecule has 0 aliphatic heterocycles. The maximum Gasteiger partial charge on any atom is 0.0468 e. The SMILES string of the molecule is c1ccc2c(c1)ccc1c3ccc(N(c4ccc5sc6ccccc6c5c4)c4ccc5sc6ccccc6c5c4)cc3ccc21.